The van der Waals surface area contributed by atoms with E-state index in [2.05, 4.69) is 31.9 Å². The van der Waals surface area contributed by atoms with Crippen LogP contribution in [0, 0.1) is 0 Å². The van der Waals surface area contributed by atoms with Crippen LogP contribution in [-0.4, -0.2) is 22.5 Å². The summed E-state index contributed by atoms with van der Waals surface area (Å²) in [5.41, 5.74) is -0.914. The molecule has 6 nitrogen and oxygen atoms in total. The molecule has 0 amide bonds. The number of halogens is 2. The fourth-order valence-corrected chi connectivity index (χ4v) is 5.21. The number of rotatable bonds is 2. The van der Waals surface area contributed by atoms with E-state index in [-0.39, 0.29) is 4.21 Å². The van der Waals surface area contributed by atoms with Gasteiger partial charge in [-0.2, -0.15) is 12.4 Å². The van der Waals surface area contributed by atoms with Crippen LogP contribution >= 0.6 is 43.2 Å². The molecule has 92 valence electrons. The molecule has 0 radical (unpaired) electrons. The fourth-order valence-electron chi connectivity index (χ4n) is 1.10. The Morgan fingerprint density at radius 1 is 1.41 bits per heavy atom. The Kier molecular flexibility index (Phi) is 3.23. The number of hydrogen-bond donors (Lipinski definition) is 2. The molecule has 17 heavy (non-hydrogen) atoms. The van der Waals surface area contributed by atoms with Gasteiger partial charge in [0.2, 0.25) is 5.88 Å². The number of thiophene rings is 1. The molecule has 0 aliphatic carbocycles. The summed E-state index contributed by atoms with van der Waals surface area (Å²) < 4.78 is 25.7. The number of aromatic hydroxyl groups is 1. The minimum absolute atomic E-state index is 0.0163. The van der Waals surface area contributed by atoms with Gasteiger partial charge in [0.15, 0.2) is 0 Å². The summed E-state index contributed by atoms with van der Waals surface area (Å²) in [5, 5.41) is 9.05. The predicted molar refractivity (Wildman–Crippen MR) is 69.0 cm³/mol. The van der Waals surface area contributed by atoms with Crippen molar-refractivity contribution in [3.8, 4) is 5.88 Å². The molecular weight excluding hydrogens is 400 g/mol. The summed E-state index contributed by atoms with van der Waals surface area (Å²) in [4.78, 5) is 13.3. The minimum Gasteiger partial charge on any atom is -0.493 e. The van der Waals surface area contributed by atoms with Crippen LogP contribution in [0.2, 0.25) is 0 Å². The first-order valence-electron chi connectivity index (χ1n) is 4.03. The largest absolute Gasteiger partial charge is 0.493 e. The lowest BCUT2D eigenvalue weighted by Gasteiger charge is -1.99. The molecule has 0 aromatic carbocycles. The molecule has 2 N–H and O–H groups in total. The number of aromatic amines is 1. The Labute approximate surface area is 116 Å². The maximum Gasteiger partial charge on any atom is 0.342 e. The molecule has 0 atom stereocenters. The highest BCUT2D eigenvalue weighted by atomic mass is 79.9. The van der Waals surface area contributed by atoms with E-state index < -0.39 is 21.6 Å². The second-order valence-corrected chi connectivity index (χ2v) is 8.20. The van der Waals surface area contributed by atoms with Crippen LogP contribution in [0.4, 0.5) is 0 Å². The van der Waals surface area contributed by atoms with Crippen LogP contribution in [0.1, 0.15) is 0 Å². The van der Waals surface area contributed by atoms with Gasteiger partial charge in [-0.15, -0.1) is 11.3 Å². The molecule has 0 saturated heterocycles. The Morgan fingerprint density at radius 2 is 2.06 bits per heavy atom. The first kappa shape index (κ1) is 12.9. The molecular formula is C7H4Br2N2O4S2. The monoisotopic (exact) mass is 402 g/mol. The molecule has 0 aliphatic heterocycles. The lowest BCUT2D eigenvalue weighted by Crippen LogP contribution is -2.23. The van der Waals surface area contributed by atoms with Gasteiger partial charge in [-0.3, -0.25) is 4.98 Å². The molecule has 2 rings (SSSR count). The normalized spacial score (nSPS) is 11.9. The molecule has 2 aromatic heterocycles. The molecule has 0 saturated carbocycles. The zero-order valence-electron chi connectivity index (χ0n) is 7.85. The SMILES string of the molecule is O=c1[nH]c(O)cn1S(=O)(=O)c1cc(Br)c(Br)s1. The van der Waals surface area contributed by atoms with Gasteiger partial charge < -0.3 is 5.11 Å². The summed E-state index contributed by atoms with van der Waals surface area (Å²) in [6.45, 7) is 0. The summed E-state index contributed by atoms with van der Waals surface area (Å²) in [7, 11) is -3.98. The van der Waals surface area contributed by atoms with Crippen molar-refractivity contribution in [2.75, 3.05) is 0 Å². The average Bonchev–Trinajstić information content (AvgIpc) is 2.72. The van der Waals surface area contributed by atoms with Gasteiger partial charge in [0, 0.05) is 4.47 Å². The number of aromatic nitrogens is 2. The third-order valence-electron chi connectivity index (χ3n) is 1.81. The van der Waals surface area contributed by atoms with Crippen LogP contribution in [0.15, 0.2) is 29.5 Å². The van der Waals surface area contributed by atoms with Crippen molar-refractivity contribution in [2.24, 2.45) is 0 Å². The summed E-state index contributed by atoms with van der Waals surface area (Å²) >= 11 is 7.29. The number of nitrogens with zero attached hydrogens (tertiary/aromatic N) is 1. The quantitative estimate of drug-likeness (QED) is 0.798. The molecule has 0 bridgehead atoms. The molecule has 10 heteroatoms. The fraction of sp³-hybridized carbons (Fsp3) is 0. The van der Waals surface area contributed by atoms with Crippen LogP contribution in [0.3, 0.4) is 0 Å². The van der Waals surface area contributed by atoms with Crippen molar-refractivity contribution in [1.82, 2.24) is 8.96 Å². The third kappa shape index (κ3) is 2.21. The summed E-state index contributed by atoms with van der Waals surface area (Å²) in [6.07, 6.45) is 0.819. The lowest BCUT2D eigenvalue weighted by molar-refractivity contribution is 0.455. The van der Waals surface area contributed by atoms with Crippen molar-refractivity contribution >= 4 is 53.2 Å². The molecule has 0 fully saturated rings. The minimum atomic E-state index is -3.98. The van der Waals surface area contributed by atoms with Crippen molar-refractivity contribution < 1.29 is 13.5 Å². The highest BCUT2D eigenvalue weighted by Gasteiger charge is 2.23. The molecule has 2 aromatic rings. The van der Waals surface area contributed by atoms with E-state index in [1.807, 2.05) is 4.98 Å². The molecule has 0 aliphatic rings. The number of H-pyrrole nitrogens is 1. The molecule has 0 unspecified atom stereocenters. The summed E-state index contributed by atoms with van der Waals surface area (Å²) in [6, 6.07) is 1.38. The van der Waals surface area contributed by atoms with E-state index in [1.54, 1.807) is 0 Å². The zero-order chi connectivity index (χ0) is 12.8. The van der Waals surface area contributed by atoms with Gasteiger partial charge in [-0.25, -0.2) is 4.79 Å². The first-order valence-corrected chi connectivity index (χ1v) is 7.87. The Morgan fingerprint density at radius 3 is 2.47 bits per heavy atom. The van der Waals surface area contributed by atoms with E-state index in [1.165, 1.54) is 6.07 Å². The van der Waals surface area contributed by atoms with Gasteiger partial charge in [0.05, 0.1) is 9.98 Å². The number of nitrogens with one attached hydrogen (secondary N) is 1. The topological polar surface area (TPSA) is 92.2 Å². The Bertz CT molecular complexity index is 708. The van der Waals surface area contributed by atoms with E-state index in [9.17, 15) is 13.2 Å². The van der Waals surface area contributed by atoms with Gasteiger partial charge in [-0.05, 0) is 37.9 Å². The second kappa shape index (κ2) is 4.26. The smallest absolute Gasteiger partial charge is 0.342 e. The van der Waals surface area contributed by atoms with Crippen molar-refractivity contribution in [1.29, 1.82) is 0 Å². The zero-order valence-corrected chi connectivity index (χ0v) is 12.7. The first-order chi connectivity index (χ1) is 7.82. The van der Waals surface area contributed by atoms with Gasteiger partial charge in [0.1, 0.15) is 4.21 Å². The van der Waals surface area contributed by atoms with Gasteiger partial charge in [-0.1, -0.05) is 0 Å². The van der Waals surface area contributed by atoms with Gasteiger partial charge in [0.25, 0.3) is 10.0 Å². The van der Waals surface area contributed by atoms with Crippen molar-refractivity contribution in [2.45, 2.75) is 4.21 Å². The van der Waals surface area contributed by atoms with E-state index in [0.717, 1.165) is 17.5 Å². The Balaban J connectivity index is 2.65. The highest BCUT2D eigenvalue weighted by Crippen LogP contribution is 2.35. The van der Waals surface area contributed by atoms with Crippen molar-refractivity contribution in [3.05, 3.63) is 31.0 Å². The average molecular weight is 404 g/mol. The Hall–Kier alpha value is -0.580. The van der Waals surface area contributed by atoms with Crippen LogP contribution in [0.5, 0.6) is 5.88 Å². The van der Waals surface area contributed by atoms with E-state index in [4.69, 9.17) is 5.11 Å². The van der Waals surface area contributed by atoms with E-state index >= 15 is 0 Å². The predicted octanol–water partition coefficient (Wildman–Crippen LogP) is 1.71. The summed E-state index contributed by atoms with van der Waals surface area (Å²) in [5.74, 6) is -0.506. The van der Waals surface area contributed by atoms with Crippen LogP contribution < -0.4 is 5.69 Å². The number of hydrogen-bond acceptors (Lipinski definition) is 5. The second-order valence-electron chi connectivity index (χ2n) is 2.93. The van der Waals surface area contributed by atoms with Crippen LogP contribution in [-0.2, 0) is 10.0 Å². The molecule has 0 spiro atoms. The van der Waals surface area contributed by atoms with Gasteiger partial charge >= 0.3 is 5.69 Å². The lowest BCUT2D eigenvalue weighted by atomic mass is 10.7. The number of imidazole rings is 1. The highest BCUT2D eigenvalue weighted by molar-refractivity contribution is 9.13. The molecule has 2 heterocycles. The standard InChI is InChI=1S/C7H4Br2N2O4S2/c8-3-1-5(16-6(3)9)17(14,15)11-2-4(12)10-7(11)13/h1-2,12H,(H,10,13). The third-order valence-corrected chi connectivity index (χ3v) is 7.16. The maximum atomic E-state index is 12.0. The van der Waals surface area contributed by atoms with Crippen LogP contribution in [0.25, 0.3) is 0 Å². The van der Waals surface area contributed by atoms with E-state index in [0.29, 0.717) is 12.2 Å². The van der Waals surface area contributed by atoms with Crippen molar-refractivity contribution in [3.63, 3.8) is 0 Å². The maximum absolute atomic E-state index is 12.0.